The van der Waals surface area contributed by atoms with Crippen molar-refractivity contribution in [3.63, 3.8) is 0 Å². The van der Waals surface area contributed by atoms with Crippen molar-refractivity contribution in [1.29, 1.82) is 0 Å². The molecular weight excluding hydrogens is 399 g/mol. The van der Waals surface area contributed by atoms with Gasteiger partial charge in [-0.25, -0.2) is 0 Å². The van der Waals surface area contributed by atoms with Crippen LogP contribution in [0, 0.1) is 12.8 Å². The van der Waals surface area contributed by atoms with Crippen molar-refractivity contribution in [3.05, 3.63) is 21.9 Å². The molecule has 0 atom stereocenters. The van der Waals surface area contributed by atoms with Crippen molar-refractivity contribution in [2.24, 2.45) is 10.9 Å². The molecule has 0 saturated heterocycles. The van der Waals surface area contributed by atoms with Crippen LogP contribution in [0.4, 0.5) is 0 Å². The minimum Gasteiger partial charge on any atom is -0.355 e. The van der Waals surface area contributed by atoms with E-state index in [1.807, 2.05) is 0 Å². The van der Waals surface area contributed by atoms with E-state index in [0.29, 0.717) is 13.1 Å². The van der Waals surface area contributed by atoms with E-state index >= 15 is 0 Å². The average molecular weight is 422 g/mol. The molecule has 0 bridgehead atoms. The average Bonchev–Trinajstić information content (AvgIpc) is 3.21. The molecule has 118 valence electrons. The first-order valence-corrected chi connectivity index (χ1v) is 7.78. The summed E-state index contributed by atoms with van der Waals surface area (Å²) >= 11 is 1.78. The van der Waals surface area contributed by atoms with Gasteiger partial charge in [-0.15, -0.1) is 35.3 Å². The molecule has 3 N–H and O–H groups in total. The zero-order chi connectivity index (χ0) is 14.4. The third kappa shape index (κ3) is 6.64. The summed E-state index contributed by atoms with van der Waals surface area (Å²) in [5.41, 5.74) is 0. The molecule has 0 aromatic carbocycles. The third-order valence-corrected chi connectivity index (χ3v) is 4.12. The normalized spacial score (nSPS) is 14.3. The fourth-order valence-electron chi connectivity index (χ4n) is 1.83. The zero-order valence-electron chi connectivity index (χ0n) is 12.4. The van der Waals surface area contributed by atoms with Crippen LogP contribution in [0.2, 0.25) is 0 Å². The second-order valence-electron chi connectivity index (χ2n) is 4.93. The molecule has 1 fully saturated rings. The number of thiophene rings is 1. The number of carbonyl (C=O) groups is 1. The summed E-state index contributed by atoms with van der Waals surface area (Å²) in [7, 11) is 1.75. The zero-order valence-corrected chi connectivity index (χ0v) is 15.6. The van der Waals surface area contributed by atoms with E-state index in [9.17, 15) is 4.79 Å². The lowest BCUT2D eigenvalue weighted by Crippen LogP contribution is -2.41. The Balaban J connectivity index is 0.00000220. The van der Waals surface area contributed by atoms with E-state index in [0.717, 1.165) is 25.3 Å². The molecule has 1 heterocycles. The maximum absolute atomic E-state index is 11.4. The number of nitrogens with one attached hydrogen (secondary N) is 3. The summed E-state index contributed by atoms with van der Waals surface area (Å²) < 4.78 is 0. The Bertz CT molecular complexity index is 485. The number of hydrogen-bond acceptors (Lipinski definition) is 3. The molecule has 21 heavy (non-hydrogen) atoms. The van der Waals surface area contributed by atoms with Gasteiger partial charge in [0.2, 0.25) is 5.91 Å². The first-order chi connectivity index (χ1) is 9.69. The highest BCUT2D eigenvalue weighted by Crippen LogP contribution is 2.28. The Labute approximate surface area is 147 Å². The lowest BCUT2D eigenvalue weighted by Gasteiger charge is -2.11. The van der Waals surface area contributed by atoms with Gasteiger partial charge in [-0.05, 0) is 31.9 Å². The van der Waals surface area contributed by atoms with Crippen molar-refractivity contribution in [2.45, 2.75) is 26.3 Å². The van der Waals surface area contributed by atoms with Crippen LogP contribution in [0.1, 0.15) is 22.6 Å². The van der Waals surface area contributed by atoms with Gasteiger partial charge in [0, 0.05) is 35.8 Å². The lowest BCUT2D eigenvalue weighted by atomic mass is 10.4. The van der Waals surface area contributed by atoms with Gasteiger partial charge in [-0.1, -0.05) is 0 Å². The van der Waals surface area contributed by atoms with E-state index in [1.54, 1.807) is 18.4 Å². The Hall–Kier alpha value is -0.830. The van der Waals surface area contributed by atoms with Crippen LogP contribution in [-0.4, -0.2) is 32.0 Å². The lowest BCUT2D eigenvalue weighted by molar-refractivity contribution is -0.122. The SMILES string of the molecule is CN=C(NCCNC(=O)C1CC1)NCc1ccc(C)s1.I. The quantitative estimate of drug-likeness (QED) is 0.284. The fraction of sp³-hybridized carbons (Fsp3) is 0.571. The minimum absolute atomic E-state index is 0. The van der Waals surface area contributed by atoms with E-state index < -0.39 is 0 Å². The van der Waals surface area contributed by atoms with Crippen LogP contribution in [0.15, 0.2) is 17.1 Å². The fourth-order valence-corrected chi connectivity index (χ4v) is 2.66. The maximum atomic E-state index is 11.4. The third-order valence-electron chi connectivity index (χ3n) is 3.11. The maximum Gasteiger partial charge on any atom is 0.223 e. The van der Waals surface area contributed by atoms with Crippen molar-refractivity contribution in [3.8, 4) is 0 Å². The first kappa shape index (κ1) is 18.2. The molecular formula is C14H23IN4OS. The molecule has 1 aromatic heterocycles. The van der Waals surface area contributed by atoms with Gasteiger partial charge < -0.3 is 16.0 Å². The summed E-state index contributed by atoms with van der Waals surface area (Å²) in [4.78, 5) is 18.2. The number of aliphatic imine (C=N–C) groups is 1. The van der Waals surface area contributed by atoms with Crippen molar-refractivity contribution in [2.75, 3.05) is 20.1 Å². The molecule has 5 nitrogen and oxygen atoms in total. The summed E-state index contributed by atoms with van der Waals surface area (Å²) in [6.07, 6.45) is 2.09. The standard InChI is InChI=1S/C14H22N4OS.HI/c1-10-3-6-12(20-10)9-18-14(15-2)17-8-7-16-13(19)11-4-5-11;/h3,6,11H,4-5,7-9H2,1-2H3,(H,16,19)(H2,15,17,18);1H. The van der Waals surface area contributed by atoms with E-state index in [-0.39, 0.29) is 35.8 Å². The van der Waals surface area contributed by atoms with E-state index in [1.165, 1.54) is 9.75 Å². The van der Waals surface area contributed by atoms with Gasteiger partial charge in [0.1, 0.15) is 0 Å². The van der Waals surface area contributed by atoms with Crippen LogP contribution >= 0.6 is 35.3 Å². The van der Waals surface area contributed by atoms with Crippen LogP contribution in [-0.2, 0) is 11.3 Å². The Morgan fingerprint density at radius 3 is 2.57 bits per heavy atom. The predicted molar refractivity (Wildman–Crippen MR) is 98.4 cm³/mol. The van der Waals surface area contributed by atoms with Crippen molar-refractivity contribution >= 4 is 47.2 Å². The van der Waals surface area contributed by atoms with Crippen LogP contribution < -0.4 is 16.0 Å². The number of aryl methyl sites for hydroxylation is 1. The largest absolute Gasteiger partial charge is 0.355 e. The molecule has 0 unspecified atom stereocenters. The summed E-state index contributed by atoms with van der Waals surface area (Å²) in [5, 5.41) is 9.37. The number of rotatable bonds is 6. The number of amides is 1. The molecule has 0 radical (unpaired) electrons. The number of hydrogen-bond donors (Lipinski definition) is 3. The molecule has 7 heteroatoms. The molecule has 1 amide bonds. The second kappa shape index (κ2) is 9.24. The predicted octanol–water partition coefficient (Wildman–Crippen LogP) is 1.87. The van der Waals surface area contributed by atoms with Crippen LogP contribution in [0.3, 0.4) is 0 Å². The van der Waals surface area contributed by atoms with E-state index in [4.69, 9.17) is 0 Å². The number of carbonyl (C=O) groups excluding carboxylic acids is 1. The first-order valence-electron chi connectivity index (χ1n) is 6.96. The molecule has 1 aliphatic carbocycles. The van der Waals surface area contributed by atoms with Gasteiger partial charge in [-0.2, -0.15) is 0 Å². The molecule has 1 aromatic rings. The monoisotopic (exact) mass is 422 g/mol. The van der Waals surface area contributed by atoms with Crippen LogP contribution in [0.25, 0.3) is 0 Å². The molecule has 2 rings (SSSR count). The molecule has 0 spiro atoms. The Kier molecular flexibility index (Phi) is 8.02. The summed E-state index contributed by atoms with van der Waals surface area (Å²) in [6, 6.07) is 4.24. The van der Waals surface area contributed by atoms with E-state index in [2.05, 4.69) is 40.0 Å². The highest BCUT2D eigenvalue weighted by atomic mass is 127. The minimum atomic E-state index is 0. The van der Waals surface area contributed by atoms with Gasteiger partial charge in [0.15, 0.2) is 5.96 Å². The highest BCUT2D eigenvalue weighted by Gasteiger charge is 2.28. The smallest absolute Gasteiger partial charge is 0.223 e. The molecule has 1 saturated carbocycles. The summed E-state index contributed by atoms with van der Waals surface area (Å²) in [5.74, 6) is 1.22. The topological polar surface area (TPSA) is 65.5 Å². The Morgan fingerprint density at radius 1 is 1.29 bits per heavy atom. The number of halogens is 1. The van der Waals surface area contributed by atoms with Gasteiger partial charge in [0.25, 0.3) is 0 Å². The van der Waals surface area contributed by atoms with Gasteiger partial charge in [-0.3, -0.25) is 9.79 Å². The number of nitrogens with zero attached hydrogens (tertiary/aromatic N) is 1. The molecule has 0 aliphatic heterocycles. The van der Waals surface area contributed by atoms with Crippen molar-refractivity contribution < 1.29 is 4.79 Å². The van der Waals surface area contributed by atoms with Crippen molar-refractivity contribution in [1.82, 2.24) is 16.0 Å². The Morgan fingerprint density at radius 2 is 2.00 bits per heavy atom. The highest BCUT2D eigenvalue weighted by molar-refractivity contribution is 14.0. The van der Waals surface area contributed by atoms with Crippen LogP contribution in [0.5, 0.6) is 0 Å². The molecule has 1 aliphatic rings. The second-order valence-corrected chi connectivity index (χ2v) is 6.30. The van der Waals surface area contributed by atoms with Gasteiger partial charge in [0.05, 0.1) is 6.54 Å². The number of guanidine groups is 1. The van der Waals surface area contributed by atoms with Gasteiger partial charge >= 0.3 is 0 Å². The summed E-state index contributed by atoms with van der Waals surface area (Å²) in [6.45, 7) is 4.19.